The molecule has 2 heterocycles. The summed E-state index contributed by atoms with van der Waals surface area (Å²) in [5.41, 5.74) is 2.36. The molecular formula is C15H22N4OS. The van der Waals surface area contributed by atoms with Crippen LogP contribution in [0.5, 0.6) is 0 Å². The number of hydrogen-bond donors (Lipinski definition) is 2. The van der Waals surface area contributed by atoms with Gasteiger partial charge in [0.15, 0.2) is 11.6 Å². The largest absolute Gasteiger partial charge is 0.367 e. The molecule has 0 amide bonds. The number of nitrogen functional groups attached to an aromatic ring is 1. The topological polar surface area (TPSA) is 73.1 Å². The van der Waals surface area contributed by atoms with Crippen LogP contribution in [0.15, 0.2) is 11.4 Å². The number of hydrogen-bond acceptors (Lipinski definition) is 6. The van der Waals surface area contributed by atoms with E-state index in [-0.39, 0.29) is 5.60 Å². The summed E-state index contributed by atoms with van der Waals surface area (Å²) in [5.74, 6) is 7.13. The second-order valence-electron chi connectivity index (χ2n) is 5.52. The Hall–Kier alpha value is -1.24. The highest BCUT2D eigenvalue weighted by molar-refractivity contribution is 7.16. The molecule has 3 rings (SSSR count). The second kappa shape index (κ2) is 6.25. The van der Waals surface area contributed by atoms with Crippen LogP contribution < -0.4 is 11.3 Å². The predicted molar refractivity (Wildman–Crippen MR) is 86.2 cm³/mol. The third-order valence-corrected chi connectivity index (χ3v) is 5.01. The molecule has 0 radical (unpaired) electrons. The van der Waals surface area contributed by atoms with Crippen molar-refractivity contribution < 1.29 is 4.74 Å². The maximum absolute atomic E-state index is 6.17. The predicted octanol–water partition coefficient (Wildman–Crippen LogP) is 3.56. The van der Waals surface area contributed by atoms with E-state index in [1.54, 1.807) is 11.3 Å². The van der Waals surface area contributed by atoms with Crippen LogP contribution in [0.4, 0.5) is 5.82 Å². The molecule has 114 valence electrons. The van der Waals surface area contributed by atoms with Gasteiger partial charge in [0.25, 0.3) is 0 Å². The molecular weight excluding hydrogens is 284 g/mol. The summed E-state index contributed by atoms with van der Waals surface area (Å²) in [4.78, 5) is 10.4. The van der Waals surface area contributed by atoms with Gasteiger partial charge in [-0.2, -0.15) is 0 Å². The zero-order valence-corrected chi connectivity index (χ0v) is 13.2. The van der Waals surface area contributed by atoms with E-state index in [4.69, 9.17) is 15.6 Å². The van der Waals surface area contributed by atoms with Gasteiger partial charge in [-0.15, -0.1) is 11.3 Å². The Labute approximate surface area is 128 Å². The first-order chi connectivity index (χ1) is 10.3. The van der Waals surface area contributed by atoms with E-state index in [2.05, 4.69) is 10.4 Å². The van der Waals surface area contributed by atoms with Crippen molar-refractivity contribution in [2.24, 2.45) is 5.84 Å². The summed E-state index contributed by atoms with van der Waals surface area (Å²) in [6, 6.07) is 2.00. The Morgan fingerprint density at radius 3 is 2.71 bits per heavy atom. The lowest BCUT2D eigenvalue weighted by molar-refractivity contribution is -0.0620. The van der Waals surface area contributed by atoms with Gasteiger partial charge in [-0.1, -0.05) is 25.7 Å². The number of nitrogens with two attached hydrogens (primary N) is 1. The Bertz CT molecular complexity index is 605. The highest BCUT2D eigenvalue weighted by Crippen LogP contribution is 2.39. The zero-order valence-electron chi connectivity index (χ0n) is 12.4. The molecule has 0 unspecified atom stereocenters. The van der Waals surface area contributed by atoms with Crippen LogP contribution in [0, 0.1) is 0 Å². The van der Waals surface area contributed by atoms with Gasteiger partial charge < -0.3 is 10.2 Å². The molecule has 1 saturated carbocycles. The van der Waals surface area contributed by atoms with E-state index in [0.29, 0.717) is 12.4 Å². The van der Waals surface area contributed by atoms with Gasteiger partial charge in [-0.3, -0.25) is 0 Å². The number of anilines is 1. The van der Waals surface area contributed by atoms with Gasteiger partial charge >= 0.3 is 0 Å². The molecule has 1 aliphatic carbocycles. The number of thiophene rings is 1. The van der Waals surface area contributed by atoms with Gasteiger partial charge in [0.1, 0.15) is 10.4 Å². The highest BCUT2D eigenvalue weighted by Gasteiger charge is 2.37. The van der Waals surface area contributed by atoms with Crippen molar-refractivity contribution in [1.29, 1.82) is 0 Å². The first-order valence-electron chi connectivity index (χ1n) is 7.65. The minimum absolute atomic E-state index is 0.352. The lowest BCUT2D eigenvalue weighted by Crippen LogP contribution is -2.32. The Balaban J connectivity index is 2.09. The molecule has 5 nitrogen and oxygen atoms in total. The van der Waals surface area contributed by atoms with Gasteiger partial charge in [0.2, 0.25) is 0 Å². The first kappa shape index (κ1) is 14.7. The van der Waals surface area contributed by atoms with Gasteiger partial charge in [-0.25, -0.2) is 15.8 Å². The van der Waals surface area contributed by atoms with Gasteiger partial charge in [-0.05, 0) is 31.2 Å². The number of ether oxygens (including phenoxy) is 1. The summed E-state index contributed by atoms with van der Waals surface area (Å²) in [5, 5.41) is 3.00. The molecule has 0 spiro atoms. The SMILES string of the molecule is CCOC1(c2nc(NN)c3ccsc3n2)CCCCCC1. The van der Waals surface area contributed by atoms with Crippen molar-refractivity contribution in [3.05, 3.63) is 17.3 Å². The summed E-state index contributed by atoms with van der Waals surface area (Å²) in [7, 11) is 0. The lowest BCUT2D eigenvalue weighted by Gasteiger charge is -2.31. The molecule has 0 atom stereocenters. The fourth-order valence-electron chi connectivity index (χ4n) is 3.18. The van der Waals surface area contributed by atoms with Crippen molar-refractivity contribution in [2.45, 2.75) is 51.0 Å². The summed E-state index contributed by atoms with van der Waals surface area (Å²) < 4.78 is 6.17. The second-order valence-corrected chi connectivity index (χ2v) is 6.42. The van der Waals surface area contributed by atoms with Crippen LogP contribution in [0.3, 0.4) is 0 Å². The Morgan fingerprint density at radius 2 is 2.05 bits per heavy atom. The van der Waals surface area contributed by atoms with E-state index in [1.807, 2.05) is 18.4 Å². The summed E-state index contributed by atoms with van der Waals surface area (Å²) >= 11 is 1.61. The average molecular weight is 306 g/mol. The summed E-state index contributed by atoms with van der Waals surface area (Å²) in [6.07, 6.45) is 6.83. The zero-order chi connectivity index (χ0) is 14.7. The fourth-order valence-corrected chi connectivity index (χ4v) is 3.94. The number of rotatable bonds is 4. The van der Waals surface area contributed by atoms with Crippen LogP contribution in [0.1, 0.15) is 51.3 Å². The standard InChI is InChI=1S/C15H22N4OS/c1-2-20-15(8-5-3-4-6-9-15)14-17-12(19-16)11-7-10-21-13(11)18-14/h7,10H,2-6,8-9,16H2,1H3,(H,17,18,19). The van der Waals surface area contributed by atoms with Crippen molar-refractivity contribution in [3.8, 4) is 0 Å². The molecule has 0 saturated heterocycles. The van der Waals surface area contributed by atoms with E-state index in [9.17, 15) is 0 Å². The molecule has 0 aliphatic heterocycles. The normalized spacial score (nSPS) is 18.6. The van der Waals surface area contributed by atoms with Gasteiger partial charge in [0, 0.05) is 6.61 Å². The highest BCUT2D eigenvalue weighted by atomic mass is 32.1. The van der Waals surface area contributed by atoms with Crippen LogP contribution in [0.2, 0.25) is 0 Å². The third kappa shape index (κ3) is 2.75. The molecule has 6 heteroatoms. The van der Waals surface area contributed by atoms with Crippen LogP contribution >= 0.6 is 11.3 Å². The van der Waals surface area contributed by atoms with Crippen molar-refractivity contribution in [2.75, 3.05) is 12.0 Å². The molecule has 0 bridgehead atoms. The van der Waals surface area contributed by atoms with E-state index in [0.717, 1.165) is 41.7 Å². The van der Waals surface area contributed by atoms with Crippen LogP contribution in [-0.4, -0.2) is 16.6 Å². The number of hydrazine groups is 1. The third-order valence-electron chi connectivity index (χ3n) is 4.20. The molecule has 0 aromatic carbocycles. The quantitative estimate of drug-likeness (QED) is 0.513. The molecule has 2 aromatic heterocycles. The van der Waals surface area contributed by atoms with E-state index in [1.165, 1.54) is 12.8 Å². The maximum Gasteiger partial charge on any atom is 0.164 e. The minimum atomic E-state index is -0.352. The smallest absolute Gasteiger partial charge is 0.164 e. The lowest BCUT2D eigenvalue weighted by atomic mass is 9.93. The molecule has 1 fully saturated rings. The maximum atomic E-state index is 6.17. The van der Waals surface area contributed by atoms with Crippen molar-refractivity contribution in [3.63, 3.8) is 0 Å². The summed E-state index contributed by atoms with van der Waals surface area (Å²) in [6.45, 7) is 2.72. The number of nitrogens with one attached hydrogen (secondary N) is 1. The van der Waals surface area contributed by atoms with Crippen molar-refractivity contribution in [1.82, 2.24) is 9.97 Å². The van der Waals surface area contributed by atoms with Crippen LogP contribution in [0.25, 0.3) is 10.2 Å². The average Bonchev–Trinajstić information content (AvgIpc) is 2.85. The number of fused-ring (bicyclic) bond motifs is 1. The first-order valence-corrected chi connectivity index (χ1v) is 8.53. The van der Waals surface area contributed by atoms with Crippen molar-refractivity contribution >= 4 is 27.4 Å². The molecule has 21 heavy (non-hydrogen) atoms. The Kier molecular flexibility index (Phi) is 4.37. The number of nitrogens with zero attached hydrogens (tertiary/aromatic N) is 2. The molecule has 3 N–H and O–H groups in total. The minimum Gasteiger partial charge on any atom is -0.367 e. The Morgan fingerprint density at radius 1 is 1.29 bits per heavy atom. The monoisotopic (exact) mass is 306 g/mol. The van der Waals surface area contributed by atoms with Gasteiger partial charge in [0.05, 0.1) is 5.39 Å². The molecule has 2 aromatic rings. The van der Waals surface area contributed by atoms with E-state index < -0.39 is 0 Å². The van der Waals surface area contributed by atoms with Crippen LogP contribution in [-0.2, 0) is 10.3 Å². The fraction of sp³-hybridized carbons (Fsp3) is 0.600. The number of aromatic nitrogens is 2. The van der Waals surface area contributed by atoms with E-state index >= 15 is 0 Å². The molecule has 1 aliphatic rings.